The van der Waals surface area contributed by atoms with Gasteiger partial charge in [-0.3, -0.25) is 9.67 Å². The summed E-state index contributed by atoms with van der Waals surface area (Å²) in [7, 11) is 0. The number of allylic oxidation sites excluding steroid dienone is 3. The summed E-state index contributed by atoms with van der Waals surface area (Å²) in [4.78, 5) is 13.3. The quantitative estimate of drug-likeness (QED) is 0.412. The Labute approximate surface area is 181 Å². The SMILES string of the molecule is C=C/C=C(\C=C)Nc1nccc(-c2cn(Cc3ccccc3)nc2-c2cccnc2)n1. The molecule has 0 aliphatic carbocycles. The van der Waals surface area contributed by atoms with Gasteiger partial charge in [0.25, 0.3) is 0 Å². The highest BCUT2D eigenvalue weighted by Gasteiger charge is 2.15. The number of aromatic nitrogens is 5. The van der Waals surface area contributed by atoms with Gasteiger partial charge >= 0.3 is 0 Å². The van der Waals surface area contributed by atoms with E-state index in [-0.39, 0.29) is 0 Å². The number of hydrogen-bond acceptors (Lipinski definition) is 5. The molecule has 6 heteroatoms. The minimum absolute atomic E-state index is 0.471. The predicted octanol–water partition coefficient (Wildman–Crippen LogP) is 5.12. The van der Waals surface area contributed by atoms with Gasteiger partial charge in [-0.25, -0.2) is 9.97 Å². The minimum atomic E-state index is 0.471. The molecule has 0 aliphatic heterocycles. The average Bonchev–Trinajstić information content (AvgIpc) is 3.24. The Bertz CT molecular complexity index is 1210. The number of rotatable bonds is 8. The first-order valence-electron chi connectivity index (χ1n) is 9.84. The molecule has 0 fully saturated rings. The number of nitrogens with zero attached hydrogens (tertiary/aromatic N) is 5. The summed E-state index contributed by atoms with van der Waals surface area (Å²) in [6, 6.07) is 16.0. The van der Waals surface area contributed by atoms with Gasteiger partial charge < -0.3 is 5.32 Å². The van der Waals surface area contributed by atoms with E-state index in [2.05, 4.69) is 40.6 Å². The van der Waals surface area contributed by atoms with Gasteiger partial charge in [0.15, 0.2) is 0 Å². The Balaban J connectivity index is 1.74. The maximum Gasteiger partial charge on any atom is 0.227 e. The molecule has 4 aromatic rings. The third-order valence-corrected chi connectivity index (χ3v) is 4.59. The molecule has 0 aliphatic rings. The summed E-state index contributed by atoms with van der Waals surface area (Å²) in [6.45, 7) is 8.17. The number of anilines is 1. The van der Waals surface area contributed by atoms with Crippen LogP contribution in [0, 0.1) is 0 Å². The van der Waals surface area contributed by atoms with E-state index in [1.54, 1.807) is 24.5 Å². The van der Waals surface area contributed by atoms with Crippen molar-refractivity contribution in [1.29, 1.82) is 0 Å². The van der Waals surface area contributed by atoms with E-state index in [4.69, 9.17) is 10.1 Å². The molecule has 0 saturated carbocycles. The molecular weight excluding hydrogens is 384 g/mol. The van der Waals surface area contributed by atoms with Crippen LogP contribution in [-0.2, 0) is 6.54 Å². The lowest BCUT2D eigenvalue weighted by Gasteiger charge is -2.07. The van der Waals surface area contributed by atoms with Crippen molar-refractivity contribution in [2.45, 2.75) is 6.54 Å². The van der Waals surface area contributed by atoms with Crippen molar-refractivity contribution >= 4 is 5.95 Å². The molecular formula is C25H22N6. The third-order valence-electron chi connectivity index (χ3n) is 4.59. The van der Waals surface area contributed by atoms with E-state index in [1.807, 2.05) is 59.5 Å². The van der Waals surface area contributed by atoms with Crippen LogP contribution >= 0.6 is 0 Å². The van der Waals surface area contributed by atoms with Gasteiger partial charge in [0.2, 0.25) is 5.95 Å². The Morgan fingerprint density at radius 3 is 2.65 bits per heavy atom. The summed E-state index contributed by atoms with van der Waals surface area (Å²) in [5.41, 5.74) is 5.35. The summed E-state index contributed by atoms with van der Waals surface area (Å²) < 4.78 is 1.93. The lowest BCUT2D eigenvalue weighted by molar-refractivity contribution is 0.689. The van der Waals surface area contributed by atoms with Crippen LogP contribution in [0.4, 0.5) is 5.95 Å². The van der Waals surface area contributed by atoms with E-state index in [9.17, 15) is 0 Å². The predicted molar refractivity (Wildman–Crippen MR) is 124 cm³/mol. The van der Waals surface area contributed by atoms with E-state index < -0.39 is 0 Å². The van der Waals surface area contributed by atoms with Crippen molar-refractivity contribution in [3.05, 3.63) is 116 Å². The highest BCUT2D eigenvalue weighted by atomic mass is 15.3. The molecule has 3 aromatic heterocycles. The van der Waals surface area contributed by atoms with Crippen LogP contribution in [-0.4, -0.2) is 24.7 Å². The fourth-order valence-electron chi connectivity index (χ4n) is 3.16. The van der Waals surface area contributed by atoms with Crippen molar-refractivity contribution in [3.8, 4) is 22.5 Å². The second kappa shape index (κ2) is 9.45. The highest BCUT2D eigenvalue weighted by molar-refractivity contribution is 5.78. The number of hydrogen-bond donors (Lipinski definition) is 1. The average molecular weight is 406 g/mol. The standard InChI is InChI=1S/C25H22N6/c1-3-9-21(4-2)28-25-27-15-13-23(29-25)22-18-31(17-19-10-6-5-7-11-19)30-24(22)20-12-8-14-26-16-20/h3-16,18H,1-2,17H2,(H,27,28,29)/b21-9+. The van der Waals surface area contributed by atoms with E-state index in [1.165, 1.54) is 5.56 Å². The van der Waals surface area contributed by atoms with Crippen molar-refractivity contribution in [3.63, 3.8) is 0 Å². The number of pyridine rings is 1. The Morgan fingerprint density at radius 1 is 1.03 bits per heavy atom. The Kier molecular flexibility index (Phi) is 6.09. The van der Waals surface area contributed by atoms with Gasteiger partial charge in [-0.1, -0.05) is 49.6 Å². The normalized spacial score (nSPS) is 11.2. The topological polar surface area (TPSA) is 68.5 Å². The lowest BCUT2D eigenvalue weighted by atomic mass is 10.1. The van der Waals surface area contributed by atoms with Crippen LogP contribution in [0.25, 0.3) is 22.5 Å². The van der Waals surface area contributed by atoms with Gasteiger partial charge in [-0.15, -0.1) is 0 Å². The van der Waals surface area contributed by atoms with Crippen LogP contribution in [0.1, 0.15) is 5.56 Å². The first-order chi connectivity index (χ1) is 15.3. The monoisotopic (exact) mass is 406 g/mol. The molecule has 1 aromatic carbocycles. The van der Waals surface area contributed by atoms with E-state index in [0.29, 0.717) is 12.5 Å². The molecule has 4 rings (SSSR count). The van der Waals surface area contributed by atoms with Gasteiger partial charge in [-0.2, -0.15) is 5.10 Å². The molecule has 6 nitrogen and oxygen atoms in total. The smallest absolute Gasteiger partial charge is 0.227 e. The maximum atomic E-state index is 4.84. The first-order valence-corrected chi connectivity index (χ1v) is 9.84. The molecule has 0 spiro atoms. The van der Waals surface area contributed by atoms with Crippen molar-refractivity contribution in [2.24, 2.45) is 0 Å². The molecule has 0 unspecified atom stereocenters. The molecule has 1 N–H and O–H groups in total. The summed E-state index contributed by atoms with van der Waals surface area (Å²) in [6.07, 6.45) is 12.5. The summed E-state index contributed by atoms with van der Waals surface area (Å²) >= 11 is 0. The largest absolute Gasteiger partial charge is 0.324 e. The van der Waals surface area contributed by atoms with Crippen LogP contribution in [0.3, 0.4) is 0 Å². The van der Waals surface area contributed by atoms with Gasteiger partial charge in [0.05, 0.1) is 12.2 Å². The van der Waals surface area contributed by atoms with E-state index >= 15 is 0 Å². The highest BCUT2D eigenvalue weighted by Crippen LogP contribution is 2.30. The van der Waals surface area contributed by atoms with Gasteiger partial charge in [-0.05, 0) is 35.9 Å². The number of nitrogens with one attached hydrogen (secondary N) is 1. The van der Waals surface area contributed by atoms with Crippen LogP contribution in [0.5, 0.6) is 0 Å². The van der Waals surface area contributed by atoms with Crippen molar-refractivity contribution in [1.82, 2.24) is 24.7 Å². The molecule has 0 radical (unpaired) electrons. The zero-order valence-corrected chi connectivity index (χ0v) is 17.0. The molecule has 152 valence electrons. The molecule has 0 amide bonds. The summed E-state index contributed by atoms with van der Waals surface area (Å²) in [5.74, 6) is 0.471. The Hall–Kier alpha value is -4.32. The molecule has 0 bridgehead atoms. The van der Waals surface area contributed by atoms with Gasteiger partial charge in [0.1, 0.15) is 5.69 Å². The molecule has 0 saturated heterocycles. The van der Waals surface area contributed by atoms with E-state index in [0.717, 1.165) is 28.2 Å². The second-order valence-electron chi connectivity index (χ2n) is 6.77. The van der Waals surface area contributed by atoms with Crippen LogP contribution in [0.15, 0.2) is 110 Å². The van der Waals surface area contributed by atoms with Crippen LogP contribution < -0.4 is 5.32 Å². The third kappa shape index (κ3) is 4.82. The van der Waals surface area contributed by atoms with Crippen LogP contribution in [0.2, 0.25) is 0 Å². The number of benzene rings is 1. The molecule has 3 heterocycles. The van der Waals surface area contributed by atoms with Crippen molar-refractivity contribution < 1.29 is 0 Å². The summed E-state index contributed by atoms with van der Waals surface area (Å²) in [5, 5.41) is 8.00. The zero-order chi connectivity index (χ0) is 21.5. The maximum absolute atomic E-state index is 4.84. The van der Waals surface area contributed by atoms with Gasteiger partial charge in [0, 0.05) is 41.6 Å². The zero-order valence-electron chi connectivity index (χ0n) is 17.0. The lowest BCUT2D eigenvalue weighted by Crippen LogP contribution is -2.02. The Morgan fingerprint density at radius 2 is 1.90 bits per heavy atom. The molecule has 0 atom stereocenters. The first kappa shape index (κ1) is 20.0. The fourth-order valence-corrected chi connectivity index (χ4v) is 3.16. The van der Waals surface area contributed by atoms with Crippen molar-refractivity contribution in [2.75, 3.05) is 5.32 Å². The minimum Gasteiger partial charge on any atom is -0.324 e. The fraction of sp³-hybridized carbons (Fsp3) is 0.0400. The second-order valence-corrected chi connectivity index (χ2v) is 6.77. The molecule has 31 heavy (non-hydrogen) atoms.